The molecule has 1 amide bonds. The lowest BCUT2D eigenvalue weighted by molar-refractivity contribution is 0.0995. The second-order valence-electron chi connectivity index (χ2n) is 4.56. The Kier molecular flexibility index (Phi) is 3.69. The highest BCUT2D eigenvalue weighted by atomic mass is 16.5. The van der Waals surface area contributed by atoms with Crippen LogP contribution in [0.2, 0.25) is 0 Å². The van der Waals surface area contributed by atoms with Crippen molar-refractivity contribution in [1.82, 2.24) is 0 Å². The molecule has 1 fully saturated rings. The Balaban J connectivity index is 1.68. The molecule has 1 aliphatic rings. The molecule has 2 aromatic rings. The zero-order chi connectivity index (χ0) is 13.8. The number of amides is 1. The van der Waals surface area contributed by atoms with Crippen LogP contribution in [0, 0.1) is 0 Å². The summed E-state index contributed by atoms with van der Waals surface area (Å²) in [5.41, 5.74) is 0.752. The van der Waals surface area contributed by atoms with Gasteiger partial charge in [-0.1, -0.05) is 18.2 Å². The predicted molar refractivity (Wildman–Crippen MR) is 76.1 cm³/mol. The third-order valence-electron chi connectivity index (χ3n) is 3.17. The Hall–Kier alpha value is -2.27. The smallest absolute Gasteiger partial charge is 0.291 e. The maximum absolute atomic E-state index is 12.1. The second-order valence-corrected chi connectivity index (χ2v) is 4.56. The number of benzene rings is 1. The number of anilines is 2. The topological polar surface area (TPSA) is 54.7 Å². The van der Waals surface area contributed by atoms with Gasteiger partial charge in [0.1, 0.15) is 0 Å². The fraction of sp³-hybridized carbons (Fsp3) is 0.267. The van der Waals surface area contributed by atoms with Gasteiger partial charge in [-0.2, -0.15) is 0 Å². The van der Waals surface area contributed by atoms with Gasteiger partial charge in [0.15, 0.2) is 11.6 Å². The van der Waals surface area contributed by atoms with Gasteiger partial charge in [0, 0.05) is 24.8 Å². The number of ether oxygens (including phenoxy) is 1. The molecule has 0 saturated carbocycles. The van der Waals surface area contributed by atoms with Crippen LogP contribution in [0.4, 0.5) is 11.6 Å². The first-order chi connectivity index (χ1) is 9.83. The maximum Gasteiger partial charge on any atom is 0.291 e. The minimum atomic E-state index is -0.240. The zero-order valence-corrected chi connectivity index (χ0v) is 11.0. The van der Waals surface area contributed by atoms with E-state index >= 15 is 0 Å². The van der Waals surface area contributed by atoms with E-state index in [1.807, 2.05) is 36.4 Å². The predicted octanol–water partition coefficient (Wildman–Crippen LogP) is 2.37. The van der Waals surface area contributed by atoms with Crippen molar-refractivity contribution in [2.24, 2.45) is 0 Å². The van der Waals surface area contributed by atoms with E-state index in [4.69, 9.17) is 9.15 Å². The van der Waals surface area contributed by atoms with Crippen LogP contribution in [0.1, 0.15) is 10.6 Å². The molecule has 2 heterocycles. The van der Waals surface area contributed by atoms with Crippen molar-refractivity contribution in [3.8, 4) is 0 Å². The molecule has 1 aromatic carbocycles. The Morgan fingerprint density at radius 2 is 1.80 bits per heavy atom. The fourth-order valence-corrected chi connectivity index (χ4v) is 2.12. The summed E-state index contributed by atoms with van der Waals surface area (Å²) in [6.07, 6.45) is 0. The fourth-order valence-electron chi connectivity index (χ4n) is 2.12. The number of nitrogens with zero attached hydrogens (tertiary/aromatic N) is 1. The van der Waals surface area contributed by atoms with Crippen molar-refractivity contribution >= 4 is 17.5 Å². The van der Waals surface area contributed by atoms with Gasteiger partial charge in [-0.05, 0) is 18.2 Å². The summed E-state index contributed by atoms with van der Waals surface area (Å²) < 4.78 is 10.9. The van der Waals surface area contributed by atoms with Crippen molar-refractivity contribution in [2.75, 3.05) is 36.5 Å². The maximum atomic E-state index is 12.1. The van der Waals surface area contributed by atoms with Crippen LogP contribution in [0.25, 0.3) is 0 Å². The summed E-state index contributed by atoms with van der Waals surface area (Å²) >= 11 is 0. The van der Waals surface area contributed by atoms with Crippen LogP contribution >= 0.6 is 0 Å². The Labute approximate surface area is 117 Å². The number of carbonyl (C=O) groups is 1. The lowest BCUT2D eigenvalue weighted by Gasteiger charge is -2.26. The van der Waals surface area contributed by atoms with Gasteiger partial charge in [0.2, 0.25) is 0 Å². The average molecular weight is 272 g/mol. The Bertz CT molecular complexity index is 574. The van der Waals surface area contributed by atoms with Gasteiger partial charge in [0.05, 0.1) is 13.2 Å². The summed E-state index contributed by atoms with van der Waals surface area (Å²) in [6, 6.07) is 12.8. The normalized spacial score (nSPS) is 15.1. The van der Waals surface area contributed by atoms with Crippen molar-refractivity contribution in [1.29, 1.82) is 0 Å². The molecule has 104 valence electrons. The first kappa shape index (κ1) is 12.7. The third kappa shape index (κ3) is 2.83. The van der Waals surface area contributed by atoms with Crippen LogP contribution in [0.3, 0.4) is 0 Å². The van der Waals surface area contributed by atoms with Crippen molar-refractivity contribution in [2.45, 2.75) is 0 Å². The highest BCUT2D eigenvalue weighted by Gasteiger charge is 2.17. The number of morpholine rings is 1. The summed E-state index contributed by atoms with van der Waals surface area (Å²) in [5.74, 6) is 0.789. The van der Waals surface area contributed by atoms with Gasteiger partial charge in [-0.3, -0.25) is 4.79 Å². The van der Waals surface area contributed by atoms with Gasteiger partial charge in [-0.25, -0.2) is 0 Å². The zero-order valence-electron chi connectivity index (χ0n) is 11.0. The number of carbonyl (C=O) groups excluding carboxylic acids is 1. The van der Waals surface area contributed by atoms with E-state index < -0.39 is 0 Å². The molecule has 0 aliphatic carbocycles. The number of rotatable bonds is 3. The first-order valence-electron chi connectivity index (χ1n) is 6.62. The molecule has 5 heteroatoms. The molecule has 3 rings (SSSR count). The van der Waals surface area contributed by atoms with Gasteiger partial charge in [0.25, 0.3) is 5.91 Å². The molecule has 0 atom stereocenters. The van der Waals surface area contributed by atoms with Crippen molar-refractivity contribution in [3.63, 3.8) is 0 Å². The average Bonchev–Trinajstić information content (AvgIpc) is 2.99. The highest BCUT2D eigenvalue weighted by molar-refractivity contribution is 6.02. The van der Waals surface area contributed by atoms with Crippen molar-refractivity contribution < 1.29 is 13.9 Å². The second kappa shape index (κ2) is 5.79. The van der Waals surface area contributed by atoms with E-state index in [-0.39, 0.29) is 5.91 Å². The summed E-state index contributed by atoms with van der Waals surface area (Å²) in [5, 5.41) is 2.80. The number of furan rings is 1. The summed E-state index contributed by atoms with van der Waals surface area (Å²) in [4.78, 5) is 14.1. The number of hydrogen-bond acceptors (Lipinski definition) is 4. The molecule has 1 N–H and O–H groups in total. The molecule has 0 unspecified atom stereocenters. The molecule has 20 heavy (non-hydrogen) atoms. The lowest BCUT2D eigenvalue weighted by Crippen LogP contribution is -2.35. The van der Waals surface area contributed by atoms with E-state index in [1.54, 1.807) is 6.07 Å². The van der Waals surface area contributed by atoms with E-state index in [1.165, 1.54) is 0 Å². The molecule has 0 bridgehead atoms. The molecule has 0 radical (unpaired) electrons. The van der Waals surface area contributed by atoms with Crippen LogP contribution in [0.15, 0.2) is 46.9 Å². The molecule has 1 aliphatic heterocycles. The number of nitrogens with one attached hydrogen (secondary N) is 1. The molecule has 5 nitrogen and oxygen atoms in total. The van der Waals surface area contributed by atoms with E-state index in [0.29, 0.717) is 24.9 Å². The third-order valence-corrected chi connectivity index (χ3v) is 3.17. The van der Waals surface area contributed by atoms with Gasteiger partial charge in [-0.15, -0.1) is 0 Å². The molecular formula is C15H16N2O3. The number of hydrogen-bond donors (Lipinski definition) is 1. The highest BCUT2D eigenvalue weighted by Crippen LogP contribution is 2.20. The van der Waals surface area contributed by atoms with Crippen molar-refractivity contribution in [3.05, 3.63) is 48.2 Å². The lowest BCUT2D eigenvalue weighted by atomic mass is 10.3. The van der Waals surface area contributed by atoms with Crippen LogP contribution in [-0.4, -0.2) is 32.2 Å². The SMILES string of the molecule is O=C(Nc1ccccc1)c1ccc(N2CCOCC2)o1. The standard InChI is InChI=1S/C15H16N2O3/c18-15(16-12-4-2-1-3-5-12)13-6-7-14(20-13)17-8-10-19-11-9-17/h1-7H,8-11H2,(H,16,18). The molecular weight excluding hydrogens is 256 g/mol. The first-order valence-corrected chi connectivity index (χ1v) is 6.62. The Morgan fingerprint density at radius 1 is 1.05 bits per heavy atom. The van der Waals surface area contributed by atoms with E-state index in [2.05, 4.69) is 10.2 Å². The van der Waals surface area contributed by atoms with E-state index in [9.17, 15) is 4.79 Å². The number of para-hydroxylation sites is 1. The minimum Gasteiger partial charge on any atom is -0.435 e. The summed E-state index contributed by atoms with van der Waals surface area (Å²) in [7, 11) is 0. The largest absolute Gasteiger partial charge is 0.435 e. The van der Waals surface area contributed by atoms with E-state index in [0.717, 1.165) is 18.8 Å². The van der Waals surface area contributed by atoms with Crippen LogP contribution < -0.4 is 10.2 Å². The summed E-state index contributed by atoms with van der Waals surface area (Å²) in [6.45, 7) is 2.94. The molecule has 1 saturated heterocycles. The van der Waals surface area contributed by atoms with Crippen LogP contribution in [-0.2, 0) is 4.74 Å². The quantitative estimate of drug-likeness (QED) is 0.932. The van der Waals surface area contributed by atoms with Gasteiger partial charge < -0.3 is 19.4 Å². The minimum absolute atomic E-state index is 0.240. The van der Waals surface area contributed by atoms with Crippen LogP contribution in [0.5, 0.6) is 0 Å². The Morgan fingerprint density at radius 3 is 2.55 bits per heavy atom. The monoisotopic (exact) mass is 272 g/mol. The molecule has 1 aromatic heterocycles. The van der Waals surface area contributed by atoms with Gasteiger partial charge >= 0.3 is 0 Å². The molecule has 0 spiro atoms.